The minimum absolute atomic E-state index is 0.193. The molecule has 0 N–H and O–H groups in total. The number of nitrogens with zero attached hydrogens (tertiary/aromatic N) is 5. The normalized spacial score (nSPS) is 11.4. The Hall–Kier alpha value is -2.54. The van der Waals surface area contributed by atoms with Crippen LogP contribution in [0, 0.1) is 13.8 Å². The predicted molar refractivity (Wildman–Crippen MR) is 88.9 cm³/mol. The summed E-state index contributed by atoms with van der Waals surface area (Å²) in [5, 5.41) is 8.43. The molecule has 3 rings (SSSR count). The van der Waals surface area contributed by atoms with Gasteiger partial charge < -0.3 is 9.26 Å². The first-order chi connectivity index (χ1) is 11.5. The Kier molecular flexibility index (Phi) is 4.71. The third-order valence-corrected chi connectivity index (χ3v) is 3.47. The zero-order valence-electron chi connectivity index (χ0n) is 14.4. The minimum Gasteiger partial charge on any atom is -0.378 e. The monoisotopic (exact) mass is 327 g/mol. The Balaban J connectivity index is 1.72. The molecule has 0 aromatic carbocycles. The van der Waals surface area contributed by atoms with Crippen molar-refractivity contribution < 1.29 is 9.26 Å². The molecule has 0 saturated heterocycles. The van der Waals surface area contributed by atoms with Crippen LogP contribution in [-0.4, -0.2) is 37.6 Å². The predicted octanol–water partition coefficient (Wildman–Crippen LogP) is 2.90. The van der Waals surface area contributed by atoms with Crippen LogP contribution >= 0.6 is 0 Å². The summed E-state index contributed by atoms with van der Waals surface area (Å²) >= 11 is 0. The standard InChI is InChI=1S/C17H21N5O2/c1-11(2)23-8-7-16-19-17(21-24-16)14-5-6-15(18-10-14)22-13(4)9-12(3)20-22/h5-6,9-11H,7-8H2,1-4H3. The second-order valence-corrected chi connectivity index (χ2v) is 5.93. The van der Waals surface area contributed by atoms with E-state index >= 15 is 0 Å². The summed E-state index contributed by atoms with van der Waals surface area (Å²) in [4.78, 5) is 8.83. The first-order valence-corrected chi connectivity index (χ1v) is 7.97. The van der Waals surface area contributed by atoms with E-state index in [0.29, 0.717) is 24.7 Å². The Morgan fingerprint density at radius 1 is 1.25 bits per heavy atom. The van der Waals surface area contributed by atoms with Gasteiger partial charge in [-0.2, -0.15) is 10.1 Å². The molecular weight excluding hydrogens is 306 g/mol. The Labute approximate surface area is 140 Å². The number of ether oxygens (including phenoxy) is 1. The summed E-state index contributed by atoms with van der Waals surface area (Å²) in [6.45, 7) is 8.51. The van der Waals surface area contributed by atoms with Crippen LogP contribution in [0.5, 0.6) is 0 Å². The third kappa shape index (κ3) is 3.68. The van der Waals surface area contributed by atoms with Gasteiger partial charge in [0.1, 0.15) is 0 Å². The van der Waals surface area contributed by atoms with Crippen molar-refractivity contribution in [3.8, 4) is 17.2 Å². The molecule has 0 bridgehead atoms. The van der Waals surface area contributed by atoms with Crippen molar-refractivity contribution in [1.29, 1.82) is 0 Å². The average molecular weight is 327 g/mol. The lowest BCUT2D eigenvalue weighted by molar-refractivity contribution is 0.0773. The number of rotatable bonds is 6. The van der Waals surface area contributed by atoms with E-state index < -0.39 is 0 Å². The van der Waals surface area contributed by atoms with Crippen molar-refractivity contribution in [2.45, 2.75) is 40.2 Å². The number of aromatic nitrogens is 5. The number of aryl methyl sites for hydroxylation is 2. The van der Waals surface area contributed by atoms with E-state index in [1.807, 2.05) is 50.6 Å². The van der Waals surface area contributed by atoms with Gasteiger partial charge >= 0.3 is 0 Å². The van der Waals surface area contributed by atoms with Crippen LogP contribution in [0.4, 0.5) is 0 Å². The van der Waals surface area contributed by atoms with Gasteiger partial charge in [0.05, 0.1) is 24.8 Å². The van der Waals surface area contributed by atoms with E-state index in [1.54, 1.807) is 6.20 Å². The summed E-state index contributed by atoms with van der Waals surface area (Å²) in [6.07, 6.45) is 2.52. The van der Waals surface area contributed by atoms with Gasteiger partial charge in [-0.15, -0.1) is 0 Å². The van der Waals surface area contributed by atoms with Gasteiger partial charge in [-0.1, -0.05) is 5.16 Å². The summed E-state index contributed by atoms with van der Waals surface area (Å²) in [5.74, 6) is 1.86. The highest BCUT2D eigenvalue weighted by atomic mass is 16.5. The Morgan fingerprint density at radius 3 is 2.71 bits per heavy atom. The quantitative estimate of drug-likeness (QED) is 0.692. The van der Waals surface area contributed by atoms with E-state index in [2.05, 4.69) is 20.2 Å². The van der Waals surface area contributed by atoms with Gasteiger partial charge in [-0.05, 0) is 45.9 Å². The average Bonchev–Trinajstić information content (AvgIpc) is 3.14. The highest BCUT2D eigenvalue weighted by Crippen LogP contribution is 2.17. The van der Waals surface area contributed by atoms with Gasteiger partial charge in [-0.3, -0.25) is 0 Å². The molecule has 0 aliphatic heterocycles. The van der Waals surface area contributed by atoms with Crippen LogP contribution in [0.1, 0.15) is 31.1 Å². The third-order valence-electron chi connectivity index (χ3n) is 3.47. The largest absolute Gasteiger partial charge is 0.378 e. The molecule has 24 heavy (non-hydrogen) atoms. The van der Waals surface area contributed by atoms with Crippen LogP contribution in [0.15, 0.2) is 28.9 Å². The molecule has 7 nitrogen and oxygen atoms in total. The maximum atomic E-state index is 5.49. The van der Waals surface area contributed by atoms with E-state index in [-0.39, 0.29) is 6.10 Å². The molecule has 0 atom stereocenters. The molecule has 3 aromatic rings. The summed E-state index contributed by atoms with van der Waals surface area (Å²) in [5.41, 5.74) is 2.81. The lowest BCUT2D eigenvalue weighted by Crippen LogP contribution is -2.06. The first kappa shape index (κ1) is 16.3. The topological polar surface area (TPSA) is 78.9 Å². The zero-order valence-corrected chi connectivity index (χ0v) is 14.4. The molecule has 0 amide bonds. The molecular formula is C17H21N5O2. The smallest absolute Gasteiger partial charge is 0.229 e. The van der Waals surface area contributed by atoms with Crippen LogP contribution in [0.25, 0.3) is 17.2 Å². The van der Waals surface area contributed by atoms with Gasteiger partial charge in [-0.25, -0.2) is 9.67 Å². The minimum atomic E-state index is 0.193. The molecule has 0 radical (unpaired) electrons. The lowest BCUT2D eigenvalue weighted by atomic mass is 10.2. The van der Waals surface area contributed by atoms with E-state index in [0.717, 1.165) is 22.8 Å². The molecule has 7 heteroatoms. The molecule has 0 fully saturated rings. The van der Waals surface area contributed by atoms with Gasteiger partial charge in [0.15, 0.2) is 5.82 Å². The molecule has 3 heterocycles. The first-order valence-electron chi connectivity index (χ1n) is 7.97. The maximum absolute atomic E-state index is 5.49. The van der Waals surface area contributed by atoms with Crippen molar-refractivity contribution in [1.82, 2.24) is 24.9 Å². The molecule has 0 spiro atoms. The van der Waals surface area contributed by atoms with Crippen molar-refractivity contribution in [3.05, 3.63) is 41.7 Å². The zero-order chi connectivity index (χ0) is 17.1. The van der Waals surface area contributed by atoms with Gasteiger partial charge in [0.25, 0.3) is 0 Å². The van der Waals surface area contributed by atoms with E-state index in [1.165, 1.54) is 0 Å². The maximum Gasteiger partial charge on any atom is 0.229 e. The molecule has 0 aliphatic rings. The molecule has 0 unspecified atom stereocenters. The summed E-state index contributed by atoms with van der Waals surface area (Å²) in [7, 11) is 0. The van der Waals surface area contributed by atoms with E-state index in [4.69, 9.17) is 9.26 Å². The number of hydrogen-bond acceptors (Lipinski definition) is 6. The van der Waals surface area contributed by atoms with Crippen LogP contribution in [0.3, 0.4) is 0 Å². The van der Waals surface area contributed by atoms with Gasteiger partial charge in [0, 0.05) is 17.5 Å². The fourth-order valence-electron chi connectivity index (χ4n) is 2.36. The van der Waals surface area contributed by atoms with Crippen LogP contribution in [-0.2, 0) is 11.2 Å². The Morgan fingerprint density at radius 2 is 2.08 bits per heavy atom. The second-order valence-electron chi connectivity index (χ2n) is 5.93. The van der Waals surface area contributed by atoms with E-state index in [9.17, 15) is 0 Å². The number of pyridine rings is 1. The number of hydrogen-bond donors (Lipinski definition) is 0. The van der Waals surface area contributed by atoms with Crippen LogP contribution in [0.2, 0.25) is 0 Å². The lowest BCUT2D eigenvalue weighted by Gasteiger charge is -2.04. The summed E-state index contributed by atoms with van der Waals surface area (Å²) in [6, 6.07) is 5.82. The molecule has 3 aromatic heterocycles. The molecule has 0 saturated carbocycles. The van der Waals surface area contributed by atoms with Crippen molar-refractivity contribution in [2.24, 2.45) is 0 Å². The second kappa shape index (κ2) is 6.92. The summed E-state index contributed by atoms with van der Waals surface area (Å²) < 4.78 is 12.6. The van der Waals surface area contributed by atoms with Crippen molar-refractivity contribution >= 4 is 0 Å². The fraction of sp³-hybridized carbons (Fsp3) is 0.412. The fourth-order valence-corrected chi connectivity index (χ4v) is 2.36. The Bertz CT molecular complexity index is 805. The highest BCUT2D eigenvalue weighted by Gasteiger charge is 2.11. The van der Waals surface area contributed by atoms with Crippen LogP contribution < -0.4 is 0 Å². The highest BCUT2D eigenvalue weighted by molar-refractivity contribution is 5.53. The molecule has 0 aliphatic carbocycles. The van der Waals surface area contributed by atoms with Gasteiger partial charge in [0.2, 0.25) is 11.7 Å². The SMILES string of the molecule is Cc1cc(C)n(-c2ccc(-c3noc(CCOC(C)C)n3)cn2)n1. The molecule has 126 valence electrons. The van der Waals surface area contributed by atoms with Crippen molar-refractivity contribution in [2.75, 3.05) is 6.61 Å². The van der Waals surface area contributed by atoms with Crippen molar-refractivity contribution in [3.63, 3.8) is 0 Å².